The third kappa shape index (κ3) is 1.92. The third-order valence-corrected chi connectivity index (χ3v) is 4.13. The predicted octanol–water partition coefficient (Wildman–Crippen LogP) is 1.33. The minimum absolute atomic E-state index is 0.496. The molecule has 1 aromatic carbocycles. The molecule has 0 radical (unpaired) electrons. The summed E-state index contributed by atoms with van der Waals surface area (Å²) in [5, 5.41) is 7.88. The zero-order chi connectivity index (χ0) is 13.6. The van der Waals surface area contributed by atoms with E-state index in [4.69, 9.17) is 10.4 Å². The molecule has 2 atom stereocenters. The number of nitrogens with two attached hydrogens (primary N) is 1. The van der Waals surface area contributed by atoms with Crippen molar-refractivity contribution in [2.45, 2.75) is 25.9 Å². The first-order valence-corrected chi connectivity index (χ1v) is 6.55. The molecule has 1 aliphatic rings. The number of piperazine rings is 1. The molecule has 1 fully saturated rings. The van der Waals surface area contributed by atoms with Gasteiger partial charge >= 0.3 is 0 Å². The molecule has 6 heteroatoms. The highest BCUT2D eigenvalue weighted by molar-refractivity contribution is 5.95. The summed E-state index contributed by atoms with van der Waals surface area (Å²) in [5.74, 6) is 0. The van der Waals surface area contributed by atoms with Crippen molar-refractivity contribution in [2.75, 3.05) is 30.8 Å². The van der Waals surface area contributed by atoms with Gasteiger partial charge in [0.15, 0.2) is 11.0 Å². The highest BCUT2D eigenvalue weighted by atomic mass is 16.6. The maximum absolute atomic E-state index is 5.89. The molecule has 19 heavy (non-hydrogen) atoms. The Bertz CT molecular complexity index is 584. The second-order valence-corrected chi connectivity index (χ2v) is 5.40. The van der Waals surface area contributed by atoms with Gasteiger partial charge < -0.3 is 10.6 Å². The van der Waals surface area contributed by atoms with Gasteiger partial charge in [0, 0.05) is 25.2 Å². The molecule has 0 spiro atoms. The fraction of sp³-hybridized carbons (Fsp3) is 0.538. The Morgan fingerprint density at radius 2 is 1.79 bits per heavy atom. The quantitative estimate of drug-likeness (QED) is 0.781. The van der Waals surface area contributed by atoms with Crippen LogP contribution in [-0.4, -0.2) is 47.4 Å². The number of anilines is 2. The van der Waals surface area contributed by atoms with Crippen LogP contribution in [0, 0.1) is 0 Å². The Labute approximate surface area is 112 Å². The smallest absolute Gasteiger partial charge is 0.160 e. The van der Waals surface area contributed by atoms with E-state index in [0.29, 0.717) is 23.3 Å². The van der Waals surface area contributed by atoms with Crippen molar-refractivity contribution < 1.29 is 4.63 Å². The number of hydrogen-bond acceptors (Lipinski definition) is 6. The van der Waals surface area contributed by atoms with E-state index >= 15 is 0 Å². The van der Waals surface area contributed by atoms with Crippen LogP contribution < -0.4 is 10.6 Å². The molecule has 1 saturated heterocycles. The number of benzene rings is 1. The van der Waals surface area contributed by atoms with Crippen LogP contribution in [0.5, 0.6) is 0 Å². The molecule has 0 amide bonds. The lowest BCUT2D eigenvalue weighted by Crippen LogP contribution is -2.55. The average Bonchev–Trinajstić information content (AvgIpc) is 2.86. The summed E-state index contributed by atoms with van der Waals surface area (Å²) in [7, 11) is 2.17. The van der Waals surface area contributed by atoms with Crippen LogP contribution in [0.3, 0.4) is 0 Å². The molecule has 1 aliphatic heterocycles. The normalized spacial score (nSPS) is 25.1. The summed E-state index contributed by atoms with van der Waals surface area (Å²) in [4.78, 5) is 4.73. The van der Waals surface area contributed by atoms with Gasteiger partial charge in [0.1, 0.15) is 0 Å². The van der Waals surface area contributed by atoms with Crippen molar-refractivity contribution in [2.24, 2.45) is 0 Å². The van der Waals surface area contributed by atoms with Gasteiger partial charge in [-0.2, -0.15) is 0 Å². The van der Waals surface area contributed by atoms with Crippen LogP contribution >= 0.6 is 0 Å². The van der Waals surface area contributed by atoms with Crippen molar-refractivity contribution in [3.63, 3.8) is 0 Å². The van der Waals surface area contributed by atoms with Crippen LogP contribution in [0.2, 0.25) is 0 Å². The first-order valence-electron chi connectivity index (χ1n) is 6.55. The van der Waals surface area contributed by atoms with Crippen LogP contribution in [0.1, 0.15) is 13.8 Å². The van der Waals surface area contributed by atoms with E-state index in [0.717, 1.165) is 24.3 Å². The number of fused-ring (bicyclic) bond motifs is 1. The average molecular weight is 261 g/mol. The molecule has 0 aliphatic carbocycles. The summed E-state index contributed by atoms with van der Waals surface area (Å²) in [6, 6.07) is 4.87. The Balaban J connectivity index is 2.01. The Kier molecular flexibility index (Phi) is 2.82. The Morgan fingerprint density at radius 3 is 2.47 bits per heavy atom. The second-order valence-electron chi connectivity index (χ2n) is 5.40. The van der Waals surface area contributed by atoms with Crippen LogP contribution in [0.4, 0.5) is 11.4 Å². The summed E-state index contributed by atoms with van der Waals surface area (Å²) < 4.78 is 4.83. The molecule has 2 aromatic rings. The van der Waals surface area contributed by atoms with Gasteiger partial charge in [-0.1, -0.05) is 0 Å². The third-order valence-electron chi connectivity index (χ3n) is 4.13. The fourth-order valence-electron chi connectivity index (χ4n) is 2.73. The van der Waals surface area contributed by atoms with E-state index in [-0.39, 0.29) is 0 Å². The van der Waals surface area contributed by atoms with E-state index in [1.54, 1.807) is 0 Å². The van der Waals surface area contributed by atoms with E-state index in [2.05, 4.69) is 41.0 Å². The second kappa shape index (κ2) is 4.38. The number of nitrogens with zero attached hydrogens (tertiary/aromatic N) is 4. The zero-order valence-corrected chi connectivity index (χ0v) is 11.5. The summed E-state index contributed by atoms with van der Waals surface area (Å²) in [6.45, 7) is 6.40. The van der Waals surface area contributed by atoms with Crippen molar-refractivity contribution in [3.8, 4) is 0 Å². The molecule has 2 unspecified atom stereocenters. The molecule has 3 rings (SSSR count). The zero-order valence-electron chi connectivity index (χ0n) is 11.5. The lowest BCUT2D eigenvalue weighted by molar-refractivity contribution is 0.170. The number of likely N-dealkylation sites (N-methyl/N-ethyl adjacent to an activating group) is 1. The molecule has 102 valence electrons. The van der Waals surface area contributed by atoms with Crippen LogP contribution in [0.25, 0.3) is 11.0 Å². The molecular weight excluding hydrogens is 242 g/mol. The van der Waals surface area contributed by atoms with E-state index in [1.165, 1.54) is 0 Å². The number of nitrogen functional groups attached to an aromatic ring is 1. The summed E-state index contributed by atoms with van der Waals surface area (Å²) in [5.41, 5.74) is 8.95. The maximum Gasteiger partial charge on any atom is 0.160 e. The summed E-state index contributed by atoms with van der Waals surface area (Å²) >= 11 is 0. The molecule has 1 aromatic heterocycles. The van der Waals surface area contributed by atoms with Gasteiger partial charge in [-0.15, -0.1) is 0 Å². The minimum atomic E-state index is 0.496. The summed E-state index contributed by atoms with van der Waals surface area (Å²) in [6.07, 6.45) is 0. The Hall–Kier alpha value is -1.82. The van der Waals surface area contributed by atoms with Gasteiger partial charge in [-0.05, 0) is 43.3 Å². The van der Waals surface area contributed by atoms with Gasteiger partial charge in [0.2, 0.25) is 0 Å². The highest BCUT2D eigenvalue weighted by Gasteiger charge is 2.28. The van der Waals surface area contributed by atoms with Crippen LogP contribution in [-0.2, 0) is 0 Å². The van der Waals surface area contributed by atoms with Crippen molar-refractivity contribution in [3.05, 3.63) is 12.1 Å². The topological polar surface area (TPSA) is 71.4 Å². The predicted molar refractivity (Wildman–Crippen MR) is 75.1 cm³/mol. The van der Waals surface area contributed by atoms with E-state index < -0.39 is 0 Å². The minimum Gasteiger partial charge on any atom is -0.397 e. The van der Waals surface area contributed by atoms with E-state index in [9.17, 15) is 0 Å². The first-order chi connectivity index (χ1) is 9.08. The fourth-order valence-corrected chi connectivity index (χ4v) is 2.73. The standard InChI is InChI=1S/C13H19N5O/c1-8-6-18(7-9(2)17(8)3)11-5-4-10(14)12-13(11)16-19-15-12/h4-5,8-9H,6-7,14H2,1-3H3. The van der Waals surface area contributed by atoms with Gasteiger partial charge in [0.05, 0.1) is 11.4 Å². The van der Waals surface area contributed by atoms with Gasteiger partial charge in [0.25, 0.3) is 0 Å². The molecular formula is C13H19N5O. The maximum atomic E-state index is 5.89. The Morgan fingerprint density at radius 1 is 1.16 bits per heavy atom. The van der Waals surface area contributed by atoms with Crippen LogP contribution in [0.15, 0.2) is 16.8 Å². The molecule has 2 heterocycles. The van der Waals surface area contributed by atoms with Crippen molar-refractivity contribution in [1.29, 1.82) is 0 Å². The van der Waals surface area contributed by atoms with Crippen molar-refractivity contribution >= 4 is 22.4 Å². The van der Waals surface area contributed by atoms with Gasteiger partial charge in [-0.3, -0.25) is 4.90 Å². The molecule has 6 nitrogen and oxygen atoms in total. The lowest BCUT2D eigenvalue weighted by atomic mass is 10.1. The van der Waals surface area contributed by atoms with Gasteiger partial charge in [-0.25, -0.2) is 4.63 Å². The lowest BCUT2D eigenvalue weighted by Gasteiger charge is -2.43. The van der Waals surface area contributed by atoms with E-state index in [1.807, 2.05) is 12.1 Å². The number of rotatable bonds is 1. The first kappa shape index (κ1) is 12.2. The van der Waals surface area contributed by atoms with Crippen molar-refractivity contribution in [1.82, 2.24) is 15.2 Å². The monoisotopic (exact) mass is 261 g/mol. The molecule has 0 bridgehead atoms. The highest BCUT2D eigenvalue weighted by Crippen LogP contribution is 2.30. The molecule has 2 N–H and O–H groups in total. The largest absolute Gasteiger partial charge is 0.397 e. The SMILES string of the molecule is CC1CN(c2ccc(N)c3nonc23)CC(C)N1C. The molecule has 0 saturated carbocycles. The number of aromatic nitrogens is 2. The number of hydrogen-bond donors (Lipinski definition) is 1.